The Hall–Kier alpha value is -0.0831. The minimum atomic E-state index is -0.184. The van der Waals surface area contributed by atoms with Gasteiger partial charge in [0, 0.05) is 0 Å². The summed E-state index contributed by atoms with van der Waals surface area (Å²) in [6, 6.07) is 6.81. The van der Waals surface area contributed by atoms with Gasteiger partial charge in [-0.15, -0.1) is 15.3 Å². The second-order valence-corrected chi connectivity index (χ2v) is 6.40. The molecule has 0 N–H and O–H groups in total. The summed E-state index contributed by atoms with van der Waals surface area (Å²) in [5.74, 6) is 0. The zero-order chi connectivity index (χ0) is 10.4. The number of aryl methyl sites for hydroxylation is 1. The minimum absolute atomic E-state index is 0.184. The summed E-state index contributed by atoms with van der Waals surface area (Å²) >= 11 is 3.70. The first-order valence-electron chi connectivity index (χ1n) is 5.49. The predicted molar refractivity (Wildman–Crippen MR) is 71.5 cm³/mol. The maximum atomic E-state index is 3.70. The number of benzene rings is 1. The van der Waals surface area contributed by atoms with Crippen LogP contribution in [0, 0.1) is 0 Å². The quantitative estimate of drug-likeness (QED) is 0.570. The molecule has 1 rings (SSSR count). The molecule has 1 aromatic rings. The average molecular weight is 271 g/mol. The van der Waals surface area contributed by atoms with Gasteiger partial charge in [-0.25, -0.2) is 0 Å². The molecule has 0 unspecified atom stereocenters. The highest BCUT2D eigenvalue weighted by Crippen LogP contribution is 2.11. The van der Waals surface area contributed by atoms with Crippen molar-refractivity contribution in [3.05, 3.63) is 29.3 Å². The van der Waals surface area contributed by atoms with Crippen molar-refractivity contribution < 1.29 is 0 Å². The molecule has 0 bridgehead atoms. The first-order chi connectivity index (χ1) is 6.83. The van der Waals surface area contributed by atoms with Crippen LogP contribution < -0.4 is 5.19 Å². The highest BCUT2D eigenvalue weighted by molar-refractivity contribution is 9.23. The van der Waals surface area contributed by atoms with Gasteiger partial charge in [-0.2, -0.15) is 0 Å². The molecule has 0 aliphatic carbocycles. The number of rotatable bonds is 5. The van der Waals surface area contributed by atoms with Gasteiger partial charge in [0.2, 0.25) is 0 Å². The van der Waals surface area contributed by atoms with Crippen LogP contribution in [0.25, 0.3) is 0 Å². The first kappa shape index (κ1) is 12.0. The monoisotopic (exact) mass is 270 g/mol. The van der Waals surface area contributed by atoms with E-state index in [-0.39, 0.29) is 8.14 Å². The van der Waals surface area contributed by atoms with Gasteiger partial charge in [0.25, 0.3) is 0 Å². The van der Waals surface area contributed by atoms with E-state index in [2.05, 4.69) is 47.3 Å². The Bertz CT molecular complexity index is 284. The minimum Gasteiger partial charge on any atom is -0.129 e. The first-order valence-corrected chi connectivity index (χ1v) is 10.1. The third kappa shape index (κ3) is 2.96. The van der Waals surface area contributed by atoms with Gasteiger partial charge in [0.05, 0.1) is 0 Å². The zero-order valence-corrected chi connectivity index (χ0v) is 12.1. The molecule has 0 atom stereocenters. The summed E-state index contributed by atoms with van der Waals surface area (Å²) in [5, 5.41) is 1.61. The fraction of sp³-hybridized carbons (Fsp3) is 0.500. The summed E-state index contributed by atoms with van der Waals surface area (Å²) in [6.45, 7) is 4.52. The Labute approximate surface area is 97.5 Å². The molecule has 1 aromatic carbocycles. The van der Waals surface area contributed by atoms with E-state index >= 15 is 0 Å². The molecule has 0 amide bonds. The van der Waals surface area contributed by atoms with Crippen molar-refractivity contribution in [2.45, 2.75) is 39.5 Å². The topological polar surface area (TPSA) is 0 Å². The standard InChI is InChI=1S/C12H19BrSi/c1-3-6-10-8-5-9-12(14-13)11(10)7-4-2/h5,8-9H,3-4,6-7,14H2,1-2H3. The molecule has 0 saturated carbocycles. The number of hydrogen-bond acceptors (Lipinski definition) is 0. The second-order valence-electron chi connectivity index (χ2n) is 3.69. The van der Waals surface area contributed by atoms with Crippen LogP contribution in [0.15, 0.2) is 18.2 Å². The van der Waals surface area contributed by atoms with E-state index < -0.39 is 0 Å². The zero-order valence-electron chi connectivity index (χ0n) is 9.15. The lowest BCUT2D eigenvalue weighted by molar-refractivity contribution is 0.866. The molecule has 0 radical (unpaired) electrons. The molecule has 14 heavy (non-hydrogen) atoms. The summed E-state index contributed by atoms with van der Waals surface area (Å²) in [6.07, 6.45) is 5.01. The number of halogens is 1. The van der Waals surface area contributed by atoms with E-state index in [9.17, 15) is 0 Å². The van der Waals surface area contributed by atoms with Crippen LogP contribution in [0.1, 0.15) is 37.8 Å². The molecule has 0 aliphatic rings. The van der Waals surface area contributed by atoms with Crippen LogP contribution in [0.5, 0.6) is 0 Å². The molecule has 78 valence electrons. The van der Waals surface area contributed by atoms with E-state index in [1.54, 1.807) is 16.3 Å². The smallest absolute Gasteiger partial charge is 0.129 e. The largest absolute Gasteiger partial charge is 0.130 e. The molecule has 0 heterocycles. The molecule has 0 aromatic heterocycles. The highest BCUT2D eigenvalue weighted by atomic mass is 79.9. The molecule has 2 heteroatoms. The van der Waals surface area contributed by atoms with Crippen LogP contribution >= 0.6 is 15.3 Å². The van der Waals surface area contributed by atoms with E-state index in [0.29, 0.717) is 0 Å². The molecule has 0 aliphatic heterocycles. The molecular weight excluding hydrogens is 252 g/mol. The van der Waals surface area contributed by atoms with Crippen LogP contribution in [-0.2, 0) is 12.8 Å². The van der Waals surface area contributed by atoms with Gasteiger partial charge in [-0.3, -0.25) is 0 Å². The summed E-state index contributed by atoms with van der Waals surface area (Å²) in [5.41, 5.74) is 3.22. The maximum absolute atomic E-state index is 3.70. The van der Waals surface area contributed by atoms with Gasteiger partial charge >= 0.3 is 0 Å². The van der Waals surface area contributed by atoms with Gasteiger partial charge in [-0.05, 0) is 24.0 Å². The fourth-order valence-electron chi connectivity index (χ4n) is 1.89. The third-order valence-electron chi connectivity index (χ3n) is 2.53. The van der Waals surface area contributed by atoms with E-state index in [1.165, 1.54) is 25.7 Å². The van der Waals surface area contributed by atoms with Crippen molar-refractivity contribution in [2.75, 3.05) is 0 Å². The molecular formula is C12H19BrSi. The van der Waals surface area contributed by atoms with E-state index in [4.69, 9.17) is 0 Å². The Kier molecular flexibility index (Phi) is 5.49. The van der Waals surface area contributed by atoms with Crippen molar-refractivity contribution in [1.29, 1.82) is 0 Å². The lowest BCUT2D eigenvalue weighted by Gasteiger charge is -2.12. The van der Waals surface area contributed by atoms with Crippen molar-refractivity contribution in [2.24, 2.45) is 0 Å². The Morgan fingerprint density at radius 2 is 1.86 bits per heavy atom. The molecule has 0 spiro atoms. The van der Waals surface area contributed by atoms with Crippen molar-refractivity contribution >= 4 is 28.6 Å². The Morgan fingerprint density at radius 1 is 1.14 bits per heavy atom. The van der Waals surface area contributed by atoms with Gasteiger partial charge in [0.15, 0.2) is 0 Å². The van der Waals surface area contributed by atoms with E-state index in [1.807, 2.05) is 0 Å². The van der Waals surface area contributed by atoms with Crippen molar-refractivity contribution in [1.82, 2.24) is 0 Å². The molecule has 0 fully saturated rings. The predicted octanol–water partition coefficient (Wildman–Crippen LogP) is 2.70. The summed E-state index contributed by atoms with van der Waals surface area (Å²) in [7, 11) is -0.184. The van der Waals surface area contributed by atoms with Crippen LogP contribution in [-0.4, -0.2) is 8.14 Å². The summed E-state index contributed by atoms with van der Waals surface area (Å²) in [4.78, 5) is 0. The van der Waals surface area contributed by atoms with Crippen molar-refractivity contribution in [3.8, 4) is 0 Å². The van der Waals surface area contributed by atoms with E-state index in [0.717, 1.165) is 0 Å². The SMILES string of the molecule is CCCc1cccc([SiH2]Br)c1CCC. The lowest BCUT2D eigenvalue weighted by atomic mass is 10.00. The third-order valence-corrected chi connectivity index (χ3v) is 5.30. The van der Waals surface area contributed by atoms with Crippen LogP contribution in [0.2, 0.25) is 0 Å². The van der Waals surface area contributed by atoms with Crippen LogP contribution in [0.4, 0.5) is 0 Å². The maximum Gasteiger partial charge on any atom is 0.130 e. The summed E-state index contributed by atoms with van der Waals surface area (Å²) < 4.78 is 0. The van der Waals surface area contributed by atoms with Crippen molar-refractivity contribution in [3.63, 3.8) is 0 Å². The highest BCUT2D eigenvalue weighted by Gasteiger charge is 2.05. The Balaban J connectivity index is 3.00. The lowest BCUT2D eigenvalue weighted by Crippen LogP contribution is -2.17. The molecule has 0 saturated heterocycles. The average Bonchev–Trinajstić information content (AvgIpc) is 2.21. The second kappa shape index (κ2) is 6.41. The Morgan fingerprint density at radius 3 is 2.43 bits per heavy atom. The normalized spacial score (nSPS) is 11.4. The molecule has 0 nitrogen and oxygen atoms in total. The number of hydrogen-bond donors (Lipinski definition) is 0. The fourth-order valence-corrected chi connectivity index (χ4v) is 4.25. The van der Waals surface area contributed by atoms with Gasteiger partial charge in [0.1, 0.15) is 8.14 Å². The van der Waals surface area contributed by atoms with Gasteiger partial charge in [-0.1, -0.05) is 50.1 Å². The van der Waals surface area contributed by atoms with Crippen LogP contribution in [0.3, 0.4) is 0 Å². The van der Waals surface area contributed by atoms with Gasteiger partial charge < -0.3 is 0 Å².